The van der Waals surface area contributed by atoms with E-state index in [4.69, 9.17) is 16.7 Å². The van der Waals surface area contributed by atoms with Crippen LogP contribution in [0.5, 0.6) is 5.75 Å². The summed E-state index contributed by atoms with van der Waals surface area (Å²) in [4.78, 5) is 23.1. The zero-order valence-electron chi connectivity index (χ0n) is 10.1. The Bertz CT molecular complexity index is 685. The van der Waals surface area contributed by atoms with Crippen molar-refractivity contribution in [2.45, 2.75) is 0 Å². The molecule has 3 N–H and O–H groups in total. The van der Waals surface area contributed by atoms with Crippen LogP contribution >= 0.6 is 11.6 Å². The number of phenolic OH excluding ortho intramolecular Hbond substituents is 1. The van der Waals surface area contributed by atoms with Crippen molar-refractivity contribution in [2.24, 2.45) is 0 Å². The number of carbonyl (C=O) groups excluding carboxylic acids is 1. The van der Waals surface area contributed by atoms with E-state index in [1.165, 1.54) is 36.4 Å². The first-order chi connectivity index (χ1) is 9.49. The molecule has 2 aromatic carbocycles. The van der Waals surface area contributed by atoms with Gasteiger partial charge >= 0.3 is 5.97 Å². The lowest BCUT2D eigenvalue weighted by molar-refractivity contribution is 0.0692. The maximum Gasteiger partial charge on any atom is 0.336 e. The highest BCUT2D eigenvalue weighted by atomic mass is 35.5. The molecule has 0 fully saturated rings. The van der Waals surface area contributed by atoms with Crippen LogP contribution in [0.1, 0.15) is 20.7 Å². The van der Waals surface area contributed by atoms with Gasteiger partial charge in [-0.3, -0.25) is 4.79 Å². The number of carbonyl (C=O) groups is 2. The lowest BCUT2D eigenvalue weighted by atomic mass is 10.1. The normalized spacial score (nSPS) is 10.1. The number of hydrogen-bond acceptors (Lipinski definition) is 3. The molecule has 0 aromatic heterocycles. The molecule has 0 atom stereocenters. The molecule has 0 aliphatic heterocycles. The molecule has 2 rings (SSSR count). The van der Waals surface area contributed by atoms with Crippen molar-refractivity contribution in [3.8, 4) is 5.75 Å². The standard InChI is InChI=1S/C14H10ClNO4/c15-8-5-6-12(17)11(7-8)16-13(18)9-3-1-2-4-10(9)14(19)20/h1-7,17H,(H,16,18)(H,19,20). The van der Waals surface area contributed by atoms with Crippen LogP contribution in [0.25, 0.3) is 0 Å². The fourth-order valence-electron chi connectivity index (χ4n) is 1.67. The van der Waals surface area contributed by atoms with Gasteiger partial charge in [-0.25, -0.2) is 4.79 Å². The summed E-state index contributed by atoms with van der Waals surface area (Å²) in [6.07, 6.45) is 0. The minimum Gasteiger partial charge on any atom is -0.506 e. The predicted molar refractivity (Wildman–Crippen MR) is 74.5 cm³/mol. The summed E-state index contributed by atoms with van der Waals surface area (Å²) in [5.41, 5.74) is -0.00594. The van der Waals surface area contributed by atoms with Crippen LogP contribution < -0.4 is 5.32 Å². The van der Waals surface area contributed by atoms with Gasteiger partial charge in [-0.1, -0.05) is 23.7 Å². The number of rotatable bonds is 3. The van der Waals surface area contributed by atoms with Gasteiger partial charge in [0, 0.05) is 5.02 Å². The molecule has 0 aliphatic rings. The fraction of sp³-hybridized carbons (Fsp3) is 0. The van der Waals surface area contributed by atoms with Crippen LogP contribution in [0.15, 0.2) is 42.5 Å². The molecule has 0 unspecified atom stereocenters. The summed E-state index contributed by atoms with van der Waals surface area (Å²) >= 11 is 5.77. The summed E-state index contributed by atoms with van der Waals surface area (Å²) in [7, 11) is 0. The van der Waals surface area contributed by atoms with Gasteiger partial charge in [-0.2, -0.15) is 0 Å². The number of hydrogen-bond donors (Lipinski definition) is 3. The van der Waals surface area contributed by atoms with Crippen molar-refractivity contribution < 1.29 is 19.8 Å². The average Bonchev–Trinajstić information content (AvgIpc) is 2.42. The first-order valence-electron chi connectivity index (χ1n) is 5.61. The second-order valence-corrected chi connectivity index (χ2v) is 4.40. The molecule has 0 saturated carbocycles. The quantitative estimate of drug-likeness (QED) is 0.759. The van der Waals surface area contributed by atoms with Crippen molar-refractivity contribution in [3.05, 3.63) is 58.6 Å². The number of aromatic carboxylic acids is 1. The molecule has 0 bridgehead atoms. The van der Waals surface area contributed by atoms with E-state index in [0.717, 1.165) is 0 Å². The Kier molecular flexibility index (Phi) is 3.91. The summed E-state index contributed by atoms with van der Waals surface area (Å²) in [5.74, 6) is -2.00. The van der Waals surface area contributed by atoms with E-state index in [2.05, 4.69) is 5.32 Å². The highest BCUT2D eigenvalue weighted by molar-refractivity contribution is 6.31. The summed E-state index contributed by atoms with van der Waals surface area (Å²) in [6, 6.07) is 9.97. The number of aromatic hydroxyl groups is 1. The highest BCUT2D eigenvalue weighted by Gasteiger charge is 2.16. The second-order valence-electron chi connectivity index (χ2n) is 3.97. The average molecular weight is 292 g/mol. The number of carboxylic acids is 1. The SMILES string of the molecule is O=C(O)c1ccccc1C(=O)Nc1cc(Cl)ccc1O. The van der Waals surface area contributed by atoms with E-state index in [0.29, 0.717) is 5.02 Å². The van der Waals surface area contributed by atoms with Crippen LogP contribution in [0.2, 0.25) is 5.02 Å². The zero-order chi connectivity index (χ0) is 14.7. The number of anilines is 1. The predicted octanol–water partition coefficient (Wildman–Crippen LogP) is 3.00. The number of nitrogens with one attached hydrogen (secondary N) is 1. The van der Waals surface area contributed by atoms with Gasteiger partial charge in [0.15, 0.2) is 0 Å². The third-order valence-corrected chi connectivity index (χ3v) is 2.84. The molecule has 0 aliphatic carbocycles. The van der Waals surface area contributed by atoms with Crippen molar-refractivity contribution in [1.82, 2.24) is 0 Å². The van der Waals surface area contributed by atoms with Gasteiger partial charge in [0.05, 0.1) is 16.8 Å². The first-order valence-corrected chi connectivity index (χ1v) is 5.99. The third-order valence-electron chi connectivity index (χ3n) is 2.61. The minimum atomic E-state index is -1.20. The Hall–Kier alpha value is -2.53. The smallest absolute Gasteiger partial charge is 0.336 e. The number of carboxylic acid groups (broad SMARTS) is 1. The molecule has 6 heteroatoms. The van der Waals surface area contributed by atoms with Crippen molar-refractivity contribution in [3.63, 3.8) is 0 Å². The van der Waals surface area contributed by atoms with Crippen LogP contribution in [-0.2, 0) is 0 Å². The van der Waals surface area contributed by atoms with E-state index < -0.39 is 11.9 Å². The van der Waals surface area contributed by atoms with Gasteiger partial charge in [-0.05, 0) is 30.3 Å². The first kappa shape index (κ1) is 13.9. The fourth-order valence-corrected chi connectivity index (χ4v) is 1.84. The Balaban J connectivity index is 2.33. The molecule has 0 radical (unpaired) electrons. The summed E-state index contributed by atoms with van der Waals surface area (Å²) in [5, 5.41) is 21.4. The zero-order valence-corrected chi connectivity index (χ0v) is 10.9. The van der Waals surface area contributed by atoms with Crippen molar-refractivity contribution in [1.29, 1.82) is 0 Å². The second kappa shape index (κ2) is 5.63. The number of phenols is 1. The van der Waals surface area contributed by atoms with Crippen molar-refractivity contribution >= 4 is 29.2 Å². The van der Waals surface area contributed by atoms with Gasteiger partial charge in [-0.15, -0.1) is 0 Å². The highest BCUT2D eigenvalue weighted by Crippen LogP contribution is 2.27. The molecule has 0 spiro atoms. The Morgan fingerprint density at radius 1 is 1.05 bits per heavy atom. The molecule has 0 heterocycles. The Labute approximate surface area is 119 Å². The minimum absolute atomic E-state index is 0.000578. The van der Waals surface area contributed by atoms with Crippen LogP contribution in [-0.4, -0.2) is 22.1 Å². The topological polar surface area (TPSA) is 86.6 Å². The van der Waals surface area contributed by atoms with Crippen molar-refractivity contribution in [2.75, 3.05) is 5.32 Å². The number of benzene rings is 2. The van der Waals surface area contributed by atoms with Crippen LogP contribution in [0.4, 0.5) is 5.69 Å². The Morgan fingerprint density at radius 2 is 1.70 bits per heavy atom. The van der Waals surface area contributed by atoms with Crippen LogP contribution in [0, 0.1) is 0 Å². The summed E-state index contributed by atoms with van der Waals surface area (Å²) < 4.78 is 0. The van der Waals surface area contributed by atoms with Gasteiger partial charge in [0.1, 0.15) is 5.75 Å². The van der Waals surface area contributed by atoms with Crippen LogP contribution in [0.3, 0.4) is 0 Å². The monoisotopic (exact) mass is 291 g/mol. The van der Waals surface area contributed by atoms with E-state index in [1.54, 1.807) is 6.07 Å². The number of amides is 1. The molecule has 1 amide bonds. The molecule has 0 saturated heterocycles. The van der Waals surface area contributed by atoms with E-state index in [-0.39, 0.29) is 22.6 Å². The number of halogens is 1. The maximum absolute atomic E-state index is 12.1. The molecular weight excluding hydrogens is 282 g/mol. The van der Waals surface area contributed by atoms with E-state index >= 15 is 0 Å². The molecular formula is C14H10ClNO4. The lowest BCUT2D eigenvalue weighted by Gasteiger charge is -2.09. The van der Waals surface area contributed by atoms with E-state index in [1.807, 2.05) is 0 Å². The molecule has 5 nitrogen and oxygen atoms in total. The maximum atomic E-state index is 12.1. The van der Waals surface area contributed by atoms with Gasteiger partial charge < -0.3 is 15.5 Å². The van der Waals surface area contributed by atoms with Gasteiger partial charge in [0.25, 0.3) is 5.91 Å². The van der Waals surface area contributed by atoms with Gasteiger partial charge in [0.2, 0.25) is 0 Å². The largest absolute Gasteiger partial charge is 0.506 e. The lowest BCUT2D eigenvalue weighted by Crippen LogP contribution is -2.16. The summed E-state index contributed by atoms with van der Waals surface area (Å²) in [6.45, 7) is 0. The molecule has 102 valence electrons. The molecule has 20 heavy (non-hydrogen) atoms. The van der Waals surface area contributed by atoms with E-state index in [9.17, 15) is 14.7 Å². The molecule has 2 aromatic rings. The Morgan fingerprint density at radius 3 is 2.35 bits per heavy atom. The third kappa shape index (κ3) is 2.89.